The highest BCUT2D eigenvalue weighted by Gasteiger charge is 2.36. The molecule has 3 aliphatic heterocycles. The molecule has 2 aromatic rings. The summed E-state index contributed by atoms with van der Waals surface area (Å²) in [6.07, 6.45) is 1.90. The number of hydrogen-bond donors (Lipinski definition) is 1. The first-order chi connectivity index (χ1) is 17.8. The summed E-state index contributed by atoms with van der Waals surface area (Å²) in [7, 11) is -3.88. The predicted molar refractivity (Wildman–Crippen MR) is 141 cm³/mol. The molecule has 2 aromatic carbocycles. The number of nitrogens with one attached hydrogen (secondary N) is 1. The summed E-state index contributed by atoms with van der Waals surface area (Å²) in [5, 5.41) is 2.92. The number of piperidine rings is 1. The highest BCUT2D eigenvalue weighted by atomic mass is 79.9. The molecule has 198 valence electrons. The number of ether oxygens (including phenoxy) is 2. The molecule has 3 aliphatic rings. The van der Waals surface area contributed by atoms with Crippen LogP contribution in [0.15, 0.2) is 45.8 Å². The number of nitrogens with zero attached hydrogens (tertiary/aromatic N) is 2. The quantitative estimate of drug-likeness (QED) is 0.553. The van der Waals surface area contributed by atoms with Crippen molar-refractivity contribution in [2.45, 2.75) is 43.6 Å². The van der Waals surface area contributed by atoms with Crippen LogP contribution in [-0.2, 0) is 26.0 Å². The Morgan fingerprint density at radius 1 is 1.16 bits per heavy atom. The number of amides is 2. The maximum absolute atomic E-state index is 13.7. The minimum absolute atomic E-state index is 0.0324. The average molecular weight is 593 g/mol. The van der Waals surface area contributed by atoms with Gasteiger partial charge in [-0.25, -0.2) is 8.42 Å². The van der Waals surface area contributed by atoms with Gasteiger partial charge in [0.25, 0.3) is 0 Å². The number of hydrogen-bond acceptors (Lipinski definition) is 6. The summed E-state index contributed by atoms with van der Waals surface area (Å²) in [4.78, 5) is 27.1. The van der Waals surface area contributed by atoms with Crippen molar-refractivity contribution in [3.63, 3.8) is 0 Å². The lowest BCUT2D eigenvalue weighted by Gasteiger charge is -2.32. The van der Waals surface area contributed by atoms with Gasteiger partial charge in [0.1, 0.15) is 12.7 Å². The molecule has 1 N–H and O–H groups in total. The molecule has 1 saturated heterocycles. The number of fused-ring (bicyclic) bond motifs is 2. The van der Waals surface area contributed by atoms with E-state index in [2.05, 4.69) is 21.2 Å². The first kappa shape index (κ1) is 26.0. The van der Waals surface area contributed by atoms with E-state index >= 15 is 0 Å². The van der Waals surface area contributed by atoms with E-state index in [0.717, 1.165) is 5.56 Å². The SMILES string of the molecule is CCC(=O)N1CCc2cc(Br)c(S(=O)(=O)N3CCC[C@@H](C(=O)NC[C@@H]4COc5ccccc5O4)C3)cc21. The smallest absolute Gasteiger partial charge is 0.244 e. The van der Waals surface area contributed by atoms with Crippen LogP contribution < -0.4 is 19.7 Å². The van der Waals surface area contributed by atoms with Crippen LogP contribution in [-0.4, -0.2) is 63.4 Å². The van der Waals surface area contributed by atoms with Crippen molar-refractivity contribution < 1.29 is 27.5 Å². The second-order valence-corrected chi connectivity index (χ2v) is 12.3. The lowest BCUT2D eigenvalue weighted by molar-refractivity contribution is -0.126. The first-order valence-electron chi connectivity index (χ1n) is 12.6. The molecule has 0 saturated carbocycles. The maximum Gasteiger partial charge on any atom is 0.244 e. The van der Waals surface area contributed by atoms with E-state index in [1.807, 2.05) is 24.3 Å². The molecule has 5 rings (SSSR count). The molecule has 1 fully saturated rings. The van der Waals surface area contributed by atoms with E-state index in [-0.39, 0.29) is 35.9 Å². The van der Waals surface area contributed by atoms with Crippen molar-refractivity contribution >= 4 is 43.5 Å². The minimum atomic E-state index is -3.88. The van der Waals surface area contributed by atoms with Crippen LogP contribution in [0, 0.1) is 5.92 Å². The van der Waals surface area contributed by atoms with Crippen molar-refractivity contribution in [2.75, 3.05) is 37.7 Å². The average Bonchev–Trinajstić information content (AvgIpc) is 3.33. The summed E-state index contributed by atoms with van der Waals surface area (Å²) in [5.41, 5.74) is 1.59. The van der Waals surface area contributed by atoms with Crippen molar-refractivity contribution in [3.8, 4) is 11.5 Å². The Morgan fingerprint density at radius 2 is 1.95 bits per heavy atom. The number of anilines is 1. The van der Waals surface area contributed by atoms with Gasteiger partial charge in [0.05, 0.1) is 17.4 Å². The van der Waals surface area contributed by atoms with Gasteiger partial charge >= 0.3 is 0 Å². The summed E-state index contributed by atoms with van der Waals surface area (Å²) in [5.74, 6) is 0.622. The molecule has 0 aliphatic carbocycles. The molecular formula is C26H30BrN3O6S. The van der Waals surface area contributed by atoms with E-state index < -0.39 is 15.9 Å². The van der Waals surface area contributed by atoms with Gasteiger partial charge in [0.2, 0.25) is 21.8 Å². The van der Waals surface area contributed by atoms with Crippen LogP contribution in [0.4, 0.5) is 5.69 Å². The van der Waals surface area contributed by atoms with Crippen LogP contribution in [0.2, 0.25) is 0 Å². The zero-order valence-corrected chi connectivity index (χ0v) is 23.0. The molecule has 0 bridgehead atoms. The van der Waals surface area contributed by atoms with Gasteiger partial charge in [-0.15, -0.1) is 0 Å². The molecule has 37 heavy (non-hydrogen) atoms. The van der Waals surface area contributed by atoms with E-state index in [4.69, 9.17) is 9.47 Å². The number of sulfonamides is 1. The summed E-state index contributed by atoms with van der Waals surface area (Å²) in [6, 6.07) is 10.8. The van der Waals surface area contributed by atoms with Crippen molar-refractivity contribution in [3.05, 3.63) is 46.4 Å². The fraction of sp³-hybridized carbons (Fsp3) is 0.462. The molecule has 0 spiro atoms. The Morgan fingerprint density at radius 3 is 2.73 bits per heavy atom. The van der Waals surface area contributed by atoms with Gasteiger partial charge in [-0.1, -0.05) is 19.1 Å². The van der Waals surface area contributed by atoms with Crippen molar-refractivity contribution in [1.29, 1.82) is 0 Å². The van der Waals surface area contributed by atoms with Crippen molar-refractivity contribution in [1.82, 2.24) is 9.62 Å². The molecule has 2 amide bonds. The highest BCUT2D eigenvalue weighted by molar-refractivity contribution is 9.10. The third-order valence-electron chi connectivity index (χ3n) is 7.08. The second kappa shape index (κ2) is 10.6. The number of benzene rings is 2. The monoisotopic (exact) mass is 591 g/mol. The summed E-state index contributed by atoms with van der Waals surface area (Å²) < 4.78 is 40.8. The van der Waals surface area contributed by atoms with Gasteiger partial charge in [-0.05, 0) is 65.0 Å². The van der Waals surface area contributed by atoms with Gasteiger partial charge in [0, 0.05) is 36.2 Å². The molecule has 0 unspecified atom stereocenters. The zero-order chi connectivity index (χ0) is 26.2. The van der Waals surface area contributed by atoms with E-state index in [1.165, 1.54) is 4.31 Å². The number of rotatable bonds is 6. The van der Waals surface area contributed by atoms with Crippen LogP contribution in [0.3, 0.4) is 0 Å². The number of halogens is 1. The van der Waals surface area contributed by atoms with Crippen LogP contribution in [0.5, 0.6) is 11.5 Å². The largest absolute Gasteiger partial charge is 0.486 e. The molecule has 3 heterocycles. The number of carbonyl (C=O) groups is 2. The summed E-state index contributed by atoms with van der Waals surface area (Å²) >= 11 is 3.44. The Kier molecular flexibility index (Phi) is 7.46. The Balaban J connectivity index is 1.25. The second-order valence-electron chi connectivity index (χ2n) is 9.51. The standard InChI is InChI=1S/C26H30BrN3O6S/c1-2-25(31)30-11-9-17-12-20(27)24(13-21(17)30)37(33,34)29-10-5-6-18(15-29)26(32)28-14-19-16-35-22-7-3-4-8-23(22)36-19/h3-4,7-8,12-13,18-19H,2,5-6,9-11,14-16H2,1H3,(H,28,32)/t18-,19-/m1/s1. The Hall–Kier alpha value is -2.63. The fourth-order valence-electron chi connectivity index (χ4n) is 5.07. The lowest BCUT2D eigenvalue weighted by atomic mass is 9.99. The lowest BCUT2D eigenvalue weighted by Crippen LogP contribution is -2.48. The van der Waals surface area contributed by atoms with E-state index in [9.17, 15) is 18.0 Å². The molecule has 0 aromatic heterocycles. The maximum atomic E-state index is 13.7. The molecule has 0 radical (unpaired) electrons. The Labute approximate surface area is 225 Å². The molecule has 11 heteroatoms. The topological polar surface area (TPSA) is 105 Å². The van der Waals surface area contributed by atoms with Gasteiger partial charge in [-0.3, -0.25) is 9.59 Å². The van der Waals surface area contributed by atoms with Crippen LogP contribution in [0.1, 0.15) is 31.7 Å². The third kappa shape index (κ3) is 5.21. The molecular weight excluding hydrogens is 562 g/mol. The van der Waals surface area contributed by atoms with E-state index in [1.54, 1.807) is 24.0 Å². The Bertz CT molecular complexity index is 1320. The molecule has 9 nitrogen and oxygen atoms in total. The van der Waals surface area contributed by atoms with Gasteiger partial charge in [0.15, 0.2) is 11.5 Å². The normalized spacial score (nSPS) is 21.4. The highest BCUT2D eigenvalue weighted by Crippen LogP contribution is 2.37. The number of para-hydroxylation sites is 2. The van der Waals surface area contributed by atoms with Crippen molar-refractivity contribution in [2.24, 2.45) is 5.92 Å². The van der Waals surface area contributed by atoms with Gasteiger partial charge < -0.3 is 19.7 Å². The third-order valence-corrected chi connectivity index (χ3v) is 9.90. The number of carbonyl (C=O) groups excluding carboxylic acids is 2. The predicted octanol–water partition coefficient (Wildman–Crippen LogP) is 3.11. The van der Waals surface area contributed by atoms with Crippen LogP contribution >= 0.6 is 15.9 Å². The first-order valence-corrected chi connectivity index (χ1v) is 14.8. The van der Waals surface area contributed by atoms with Gasteiger partial charge in [-0.2, -0.15) is 4.31 Å². The molecule has 2 atom stereocenters. The summed E-state index contributed by atoms with van der Waals surface area (Å²) in [6.45, 7) is 3.37. The van der Waals surface area contributed by atoms with E-state index in [0.29, 0.717) is 67.0 Å². The van der Waals surface area contributed by atoms with Crippen LogP contribution in [0.25, 0.3) is 0 Å². The minimum Gasteiger partial charge on any atom is -0.486 e. The zero-order valence-electron chi connectivity index (χ0n) is 20.6. The fourth-order valence-corrected chi connectivity index (χ4v) is 7.67.